The Hall–Kier alpha value is -2.11. The molecular formula is C13H15FN2O3. The van der Waals surface area contributed by atoms with Crippen molar-refractivity contribution >= 4 is 17.5 Å². The summed E-state index contributed by atoms with van der Waals surface area (Å²) in [5.41, 5.74) is 0.422. The van der Waals surface area contributed by atoms with Crippen molar-refractivity contribution in [3.8, 4) is 5.75 Å². The van der Waals surface area contributed by atoms with Crippen molar-refractivity contribution in [1.29, 1.82) is 0 Å². The topological polar surface area (TPSA) is 67.4 Å². The van der Waals surface area contributed by atoms with Crippen molar-refractivity contribution in [1.82, 2.24) is 5.32 Å². The fourth-order valence-corrected chi connectivity index (χ4v) is 1.96. The van der Waals surface area contributed by atoms with E-state index in [0.29, 0.717) is 25.1 Å². The molecule has 1 aromatic rings. The van der Waals surface area contributed by atoms with Gasteiger partial charge in [-0.2, -0.15) is 0 Å². The smallest absolute Gasteiger partial charge is 0.229 e. The van der Waals surface area contributed by atoms with Gasteiger partial charge in [-0.3, -0.25) is 9.59 Å². The van der Waals surface area contributed by atoms with Crippen molar-refractivity contribution < 1.29 is 18.7 Å². The molecule has 6 heteroatoms. The average Bonchev–Trinajstić information content (AvgIpc) is 2.41. The highest BCUT2D eigenvalue weighted by atomic mass is 19.1. The summed E-state index contributed by atoms with van der Waals surface area (Å²) >= 11 is 0. The third-order valence-corrected chi connectivity index (χ3v) is 3.06. The van der Waals surface area contributed by atoms with Crippen molar-refractivity contribution in [3.05, 3.63) is 24.0 Å². The largest absolute Gasteiger partial charge is 0.494 e. The molecular weight excluding hydrogens is 251 g/mol. The van der Waals surface area contributed by atoms with Crippen molar-refractivity contribution in [3.63, 3.8) is 0 Å². The Bertz CT molecular complexity index is 495. The molecule has 0 radical (unpaired) electrons. The van der Waals surface area contributed by atoms with Gasteiger partial charge in [0.25, 0.3) is 0 Å². The molecule has 0 spiro atoms. The number of hydrogen-bond donors (Lipinski definition) is 2. The van der Waals surface area contributed by atoms with E-state index < -0.39 is 5.82 Å². The summed E-state index contributed by atoms with van der Waals surface area (Å²) < 4.78 is 18.0. The van der Waals surface area contributed by atoms with Gasteiger partial charge in [-0.25, -0.2) is 4.39 Å². The van der Waals surface area contributed by atoms with Gasteiger partial charge in [-0.1, -0.05) is 0 Å². The number of benzene rings is 1. The predicted octanol–water partition coefficient (Wildman–Crippen LogP) is 1.30. The van der Waals surface area contributed by atoms with E-state index in [2.05, 4.69) is 10.6 Å². The van der Waals surface area contributed by atoms with Crippen LogP contribution in [-0.2, 0) is 9.59 Å². The predicted molar refractivity (Wildman–Crippen MR) is 67.3 cm³/mol. The van der Waals surface area contributed by atoms with Gasteiger partial charge >= 0.3 is 0 Å². The fraction of sp³-hybridized carbons (Fsp3) is 0.385. The average molecular weight is 266 g/mol. The molecule has 1 heterocycles. The Morgan fingerprint density at radius 3 is 2.95 bits per heavy atom. The van der Waals surface area contributed by atoms with Crippen LogP contribution in [0.5, 0.6) is 5.75 Å². The minimum absolute atomic E-state index is 0.0385. The number of anilines is 1. The highest BCUT2D eigenvalue weighted by Crippen LogP contribution is 2.26. The number of methoxy groups -OCH3 is 1. The fourth-order valence-electron chi connectivity index (χ4n) is 1.96. The molecule has 0 bridgehead atoms. The summed E-state index contributed by atoms with van der Waals surface area (Å²) in [6.07, 6.45) is 0.861. The molecule has 1 aliphatic rings. The Kier molecular flexibility index (Phi) is 3.99. The van der Waals surface area contributed by atoms with Gasteiger partial charge in [-0.05, 0) is 18.6 Å². The van der Waals surface area contributed by atoms with Gasteiger partial charge in [0.2, 0.25) is 11.8 Å². The summed E-state index contributed by atoms with van der Waals surface area (Å²) in [6.45, 7) is 0.328. The van der Waals surface area contributed by atoms with E-state index >= 15 is 0 Å². The molecule has 1 aliphatic heterocycles. The van der Waals surface area contributed by atoms with Gasteiger partial charge in [0.15, 0.2) is 0 Å². The highest BCUT2D eigenvalue weighted by molar-refractivity contribution is 5.95. The van der Waals surface area contributed by atoms with Crippen LogP contribution in [-0.4, -0.2) is 25.5 Å². The zero-order valence-corrected chi connectivity index (χ0v) is 10.5. The number of carbonyl (C=O) groups is 2. The maximum Gasteiger partial charge on any atom is 0.229 e. The SMILES string of the molecule is COc1cc(F)ccc1NC(=O)C1CCC(=O)NC1. The minimum Gasteiger partial charge on any atom is -0.494 e. The zero-order valence-electron chi connectivity index (χ0n) is 10.5. The second kappa shape index (κ2) is 5.69. The summed E-state index contributed by atoms with van der Waals surface area (Å²) in [5.74, 6) is -0.672. The van der Waals surface area contributed by atoms with Crippen LogP contribution in [0.3, 0.4) is 0 Å². The molecule has 102 valence electrons. The third-order valence-electron chi connectivity index (χ3n) is 3.06. The van der Waals surface area contributed by atoms with Crippen LogP contribution in [0.1, 0.15) is 12.8 Å². The number of piperidine rings is 1. The van der Waals surface area contributed by atoms with Crippen LogP contribution in [0.25, 0.3) is 0 Å². The number of halogens is 1. The summed E-state index contributed by atoms with van der Waals surface area (Å²) in [4.78, 5) is 23.0. The number of rotatable bonds is 3. The van der Waals surface area contributed by atoms with Crippen molar-refractivity contribution in [2.24, 2.45) is 5.92 Å². The Balaban J connectivity index is 2.04. The maximum absolute atomic E-state index is 13.0. The van der Waals surface area contributed by atoms with E-state index in [1.54, 1.807) is 0 Å². The Morgan fingerprint density at radius 2 is 2.32 bits per heavy atom. The molecule has 1 atom stereocenters. The van der Waals surface area contributed by atoms with Crippen LogP contribution >= 0.6 is 0 Å². The van der Waals surface area contributed by atoms with Crippen LogP contribution in [0.2, 0.25) is 0 Å². The number of carbonyl (C=O) groups excluding carboxylic acids is 2. The Labute approximate surface area is 110 Å². The zero-order chi connectivity index (χ0) is 13.8. The standard InChI is InChI=1S/C13H15FN2O3/c1-19-11-6-9(14)3-4-10(11)16-13(18)8-2-5-12(17)15-7-8/h3-4,6,8H,2,5,7H2,1H3,(H,15,17)(H,16,18). The quantitative estimate of drug-likeness (QED) is 0.866. The molecule has 2 rings (SSSR count). The molecule has 0 saturated carbocycles. The van der Waals surface area contributed by atoms with Crippen molar-refractivity contribution in [2.75, 3.05) is 19.0 Å². The number of nitrogens with one attached hydrogen (secondary N) is 2. The first-order valence-corrected chi connectivity index (χ1v) is 6.01. The van der Waals surface area contributed by atoms with Gasteiger partial charge < -0.3 is 15.4 Å². The van der Waals surface area contributed by atoms with Gasteiger partial charge in [0.05, 0.1) is 18.7 Å². The number of ether oxygens (including phenoxy) is 1. The molecule has 0 aromatic heterocycles. The van der Waals surface area contributed by atoms with Gasteiger partial charge in [-0.15, -0.1) is 0 Å². The summed E-state index contributed by atoms with van der Waals surface area (Å²) in [5, 5.41) is 5.34. The monoisotopic (exact) mass is 266 g/mol. The van der Waals surface area contributed by atoms with E-state index in [1.807, 2.05) is 0 Å². The van der Waals surface area contributed by atoms with Crippen LogP contribution < -0.4 is 15.4 Å². The lowest BCUT2D eigenvalue weighted by molar-refractivity contribution is -0.126. The molecule has 1 fully saturated rings. The summed E-state index contributed by atoms with van der Waals surface area (Å²) in [7, 11) is 1.41. The third kappa shape index (κ3) is 3.21. The molecule has 1 unspecified atom stereocenters. The first-order chi connectivity index (χ1) is 9.10. The molecule has 1 saturated heterocycles. The maximum atomic E-state index is 13.0. The Morgan fingerprint density at radius 1 is 1.53 bits per heavy atom. The second-order valence-electron chi connectivity index (χ2n) is 4.37. The van der Waals surface area contributed by atoms with Crippen molar-refractivity contribution in [2.45, 2.75) is 12.8 Å². The molecule has 1 aromatic carbocycles. The van der Waals surface area contributed by atoms with E-state index in [0.717, 1.165) is 0 Å². The normalized spacial score (nSPS) is 18.6. The highest BCUT2D eigenvalue weighted by Gasteiger charge is 2.25. The van der Waals surface area contributed by atoms with E-state index in [4.69, 9.17) is 4.74 Å². The first kappa shape index (κ1) is 13.3. The molecule has 5 nitrogen and oxygen atoms in total. The molecule has 2 amide bonds. The van der Waals surface area contributed by atoms with E-state index in [1.165, 1.54) is 25.3 Å². The lowest BCUT2D eigenvalue weighted by Gasteiger charge is -2.22. The lowest BCUT2D eigenvalue weighted by atomic mass is 9.98. The first-order valence-electron chi connectivity index (χ1n) is 6.01. The number of amides is 2. The molecule has 19 heavy (non-hydrogen) atoms. The van der Waals surface area contributed by atoms with E-state index in [9.17, 15) is 14.0 Å². The molecule has 2 N–H and O–H groups in total. The van der Waals surface area contributed by atoms with E-state index in [-0.39, 0.29) is 23.5 Å². The van der Waals surface area contributed by atoms with Gasteiger partial charge in [0.1, 0.15) is 11.6 Å². The van der Waals surface area contributed by atoms with Crippen LogP contribution in [0, 0.1) is 11.7 Å². The molecule has 0 aliphatic carbocycles. The van der Waals surface area contributed by atoms with Gasteiger partial charge in [0, 0.05) is 19.0 Å². The van der Waals surface area contributed by atoms with Crippen LogP contribution in [0.15, 0.2) is 18.2 Å². The second-order valence-corrected chi connectivity index (χ2v) is 4.37. The number of hydrogen-bond acceptors (Lipinski definition) is 3. The lowest BCUT2D eigenvalue weighted by Crippen LogP contribution is -2.40. The summed E-state index contributed by atoms with van der Waals surface area (Å²) in [6, 6.07) is 3.91. The minimum atomic E-state index is -0.431. The van der Waals surface area contributed by atoms with Crippen LogP contribution in [0.4, 0.5) is 10.1 Å².